The minimum absolute atomic E-state index is 0.0396. The summed E-state index contributed by atoms with van der Waals surface area (Å²) in [7, 11) is 0. The van der Waals surface area contributed by atoms with Crippen molar-refractivity contribution in [2.75, 3.05) is 5.32 Å². The van der Waals surface area contributed by atoms with Crippen LogP contribution in [-0.4, -0.2) is 29.8 Å². The number of fused-ring (bicyclic) bond motifs is 1. The van der Waals surface area contributed by atoms with Crippen LogP contribution in [0.5, 0.6) is 0 Å². The highest BCUT2D eigenvalue weighted by Crippen LogP contribution is 2.20. The van der Waals surface area contributed by atoms with Crippen molar-refractivity contribution >= 4 is 23.4 Å². The van der Waals surface area contributed by atoms with Crippen molar-refractivity contribution in [1.29, 1.82) is 0 Å². The predicted octanol–water partition coefficient (Wildman–Crippen LogP) is 1.97. The molecule has 1 fully saturated rings. The van der Waals surface area contributed by atoms with Crippen LogP contribution in [0, 0.1) is 0 Å². The van der Waals surface area contributed by atoms with Crippen molar-refractivity contribution in [3.8, 4) is 0 Å². The molecule has 1 aliphatic carbocycles. The van der Waals surface area contributed by atoms with Gasteiger partial charge >= 0.3 is 0 Å². The molecule has 6 heteroatoms. The van der Waals surface area contributed by atoms with E-state index in [-0.39, 0.29) is 30.2 Å². The van der Waals surface area contributed by atoms with Crippen molar-refractivity contribution in [1.82, 2.24) is 10.6 Å². The monoisotopic (exact) mass is 329 g/mol. The van der Waals surface area contributed by atoms with Gasteiger partial charge in [-0.15, -0.1) is 0 Å². The summed E-state index contributed by atoms with van der Waals surface area (Å²) in [5, 5.41) is 8.39. The molecule has 0 radical (unpaired) electrons. The highest BCUT2D eigenvalue weighted by Gasteiger charge is 2.29. The molecule has 2 aliphatic rings. The van der Waals surface area contributed by atoms with E-state index in [0.29, 0.717) is 11.3 Å². The fraction of sp³-hybridized carbons (Fsp3) is 0.500. The smallest absolute Gasteiger partial charge is 0.254 e. The number of para-hydroxylation sites is 1. The minimum atomic E-state index is -0.851. The van der Waals surface area contributed by atoms with Gasteiger partial charge in [0.25, 0.3) is 5.91 Å². The van der Waals surface area contributed by atoms with Gasteiger partial charge in [-0.05, 0) is 25.0 Å². The Morgan fingerprint density at radius 1 is 1.08 bits per heavy atom. The van der Waals surface area contributed by atoms with Crippen LogP contribution in [0.4, 0.5) is 5.69 Å². The second kappa shape index (κ2) is 7.47. The van der Waals surface area contributed by atoms with Gasteiger partial charge in [-0.2, -0.15) is 0 Å². The molecule has 6 nitrogen and oxygen atoms in total. The van der Waals surface area contributed by atoms with Gasteiger partial charge in [0.2, 0.25) is 11.8 Å². The lowest BCUT2D eigenvalue weighted by Crippen LogP contribution is -2.46. The largest absolute Gasteiger partial charge is 0.353 e. The van der Waals surface area contributed by atoms with Crippen LogP contribution in [-0.2, 0) is 9.59 Å². The van der Waals surface area contributed by atoms with E-state index >= 15 is 0 Å². The zero-order valence-electron chi connectivity index (χ0n) is 13.6. The minimum Gasteiger partial charge on any atom is -0.353 e. The summed E-state index contributed by atoms with van der Waals surface area (Å²) in [5.41, 5.74) is 0.893. The first-order chi connectivity index (χ1) is 11.6. The lowest BCUT2D eigenvalue weighted by Gasteiger charge is -2.19. The number of hydrogen-bond donors (Lipinski definition) is 3. The van der Waals surface area contributed by atoms with Crippen molar-refractivity contribution in [2.24, 2.45) is 0 Å². The van der Waals surface area contributed by atoms with E-state index < -0.39 is 6.04 Å². The molecule has 1 atom stereocenters. The number of carbonyl (C=O) groups excluding carboxylic acids is 3. The van der Waals surface area contributed by atoms with Gasteiger partial charge in [-0.1, -0.05) is 37.8 Å². The second-order valence-corrected chi connectivity index (χ2v) is 6.52. The Morgan fingerprint density at radius 3 is 2.54 bits per heavy atom. The number of anilines is 1. The number of rotatable bonds is 3. The molecule has 3 rings (SSSR count). The van der Waals surface area contributed by atoms with Crippen LogP contribution in [0.3, 0.4) is 0 Å². The Labute approximate surface area is 141 Å². The highest BCUT2D eigenvalue weighted by atomic mass is 16.2. The predicted molar refractivity (Wildman–Crippen MR) is 90.6 cm³/mol. The number of benzene rings is 1. The molecular weight excluding hydrogens is 306 g/mol. The van der Waals surface area contributed by atoms with E-state index in [2.05, 4.69) is 16.0 Å². The molecule has 0 spiro atoms. The van der Waals surface area contributed by atoms with Crippen LogP contribution in [0.15, 0.2) is 24.3 Å². The third kappa shape index (κ3) is 3.93. The number of nitrogens with one attached hydrogen (secondary N) is 3. The topological polar surface area (TPSA) is 87.3 Å². The molecule has 0 saturated heterocycles. The maximum absolute atomic E-state index is 12.3. The average Bonchev–Trinajstić information content (AvgIpc) is 2.88. The second-order valence-electron chi connectivity index (χ2n) is 6.52. The fourth-order valence-electron chi connectivity index (χ4n) is 3.35. The summed E-state index contributed by atoms with van der Waals surface area (Å²) in [5.74, 6) is -0.881. The molecular formula is C18H23N3O3. The van der Waals surface area contributed by atoms with Gasteiger partial charge in [-0.25, -0.2) is 0 Å². The first-order valence-electron chi connectivity index (χ1n) is 8.63. The number of carbonyl (C=O) groups is 3. The molecule has 24 heavy (non-hydrogen) atoms. The summed E-state index contributed by atoms with van der Waals surface area (Å²) in [6, 6.07) is 6.16. The number of amides is 3. The molecule has 1 aromatic carbocycles. The summed E-state index contributed by atoms with van der Waals surface area (Å²) in [6.07, 6.45) is 6.61. The Kier molecular flexibility index (Phi) is 5.13. The summed E-state index contributed by atoms with van der Waals surface area (Å²) < 4.78 is 0. The van der Waals surface area contributed by atoms with Gasteiger partial charge in [0.15, 0.2) is 0 Å². The fourth-order valence-corrected chi connectivity index (χ4v) is 3.35. The lowest BCUT2D eigenvalue weighted by atomic mass is 10.1. The first-order valence-corrected chi connectivity index (χ1v) is 8.63. The standard InChI is InChI=1S/C18H23N3O3/c22-16(19-12-7-3-1-2-4-8-12)11-15-18(24)20-14-10-6-5-9-13(14)17(23)21-15/h5-6,9-10,12,15H,1-4,7-8,11H2,(H,19,22)(H,20,24)(H,21,23). The van der Waals surface area contributed by atoms with E-state index in [9.17, 15) is 14.4 Å². The van der Waals surface area contributed by atoms with Gasteiger partial charge in [0.05, 0.1) is 17.7 Å². The Hall–Kier alpha value is -2.37. The van der Waals surface area contributed by atoms with E-state index in [4.69, 9.17) is 0 Å². The van der Waals surface area contributed by atoms with Crippen LogP contribution >= 0.6 is 0 Å². The third-order valence-corrected chi connectivity index (χ3v) is 4.66. The Balaban J connectivity index is 1.61. The Morgan fingerprint density at radius 2 is 1.79 bits per heavy atom. The molecule has 0 aromatic heterocycles. The molecule has 0 bridgehead atoms. The van der Waals surface area contributed by atoms with Crippen molar-refractivity contribution in [3.05, 3.63) is 29.8 Å². The maximum atomic E-state index is 12.3. The lowest BCUT2D eigenvalue weighted by molar-refractivity contribution is -0.126. The van der Waals surface area contributed by atoms with Crippen molar-refractivity contribution in [3.63, 3.8) is 0 Å². The zero-order chi connectivity index (χ0) is 16.9. The summed E-state index contributed by atoms with van der Waals surface area (Å²) in [6.45, 7) is 0. The van der Waals surface area contributed by atoms with Gasteiger partial charge in [-0.3, -0.25) is 14.4 Å². The first kappa shape index (κ1) is 16.5. The Bertz CT molecular complexity index is 636. The molecule has 1 aliphatic heterocycles. The van der Waals surface area contributed by atoms with E-state index in [1.165, 1.54) is 12.8 Å². The molecule has 1 saturated carbocycles. The van der Waals surface area contributed by atoms with Gasteiger partial charge in [0, 0.05) is 6.04 Å². The van der Waals surface area contributed by atoms with E-state index in [1.807, 2.05) is 0 Å². The van der Waals surface area contributed by atoms with E-state index in [0.717, 1.165) is 25.7 Å². The van der Waals surface area contributed by atoms with E-state index in [1.54, 1.807) is 24.3 Å². The normalized spacial score (nSPS) is 21.8. The third-order valence-electron chi connectivity index (χ3n) is 4.66. The molecule has 3 amide bonds. The zero-order valence-corrected chi connectivity index (χ0v) is 13.6. The molecule has 1 aromatic rings. The molecule has 3 N–H and O–H groups in total. The van der Waals surface area contributed by atoms with Crippen molar-refractivity contribution < 1.29 is 14.4 Å². The van der Waals surface area contributed by atoms with Crippen molar-refractivity contribution in [2.45, 2.75) is 57.0 Å². The van der Waals surface area contributed by atoms with Gasteiger partial charge < -0.3 is 16.0 Å². The van der Waals surface area contributed by atoms with Crippen LogP contribution in [0.1, 0.15) is 55.3 Å². The SMILES string of the molecule is O=C(CC1NC(=O)c2ccccc2NC1=O)NC1CCCCCC1. The summed E-state index contributed by atoms with van der Waals surface area (Å²) >= 11 is 0. The maximum Gasteiger partial charge on any atom is 0.254 e. The molecule has 128 valence electrons. The van der Waals surface area contributed by atoms with Gasteiger partial charge in [0.1, 0.15) is 6.04 Å². The summed E-state index contributed by atoms with van der Waals surface area (Å²) in [4.78, 5) is 36.8. The average molecular weight is 329 g/mol. The van der Waals surface area contributed by atoms with Crippen LogP contribution in [0.25, 0.3) is 0 Å². The molecule has 1 heterocycles. The highest BCUT2D eigenvalue weighted by molar-refractivity contribution is 6.10. The van der Waals surface area contributed by atoms with Crippen LogP contribution < -0.4 is 16.0 Å². The molecule has 1 unspecified atom stereocenters. The number of hydrogen-bond acceptors (Lipinski definition) is 3. The van der Waals surface area contributed by atoms with Crippen LogP contribution in [0.2, 0.25) is 0 Å². The quantitative estimate of drug-likeness (QED) is 0.741.